The Bertz CT molecular complexity index is 1510. The molecule has 41 heavy (non-hydrogen) atoms. The second kappa shape index (κ2) is 13.2. The van der Waals surface area contributed by atoms with Gasteiger partial charge in [0.15, 0.2) is 0 Å². The normalized spacial score (nSPS) is 16.4. The molecule has 3 aromatic carbocycles. The van der Waals surface area contributed by atoms with Crippen molar-refractivity contribution in [3.63, 3.8) is 0 Å². The second-order valence-corrected chi connectivity index (χ2v) is 10.6. The molecule has 9 nitrogen and oxygen atoms in total. The minimum Gasteiger partial charge on any atom is -0.339 e. The van der Waals surface area contributed by atoms with Crippen molar-refractivity contribution in [3.8, 4) is 0 Å². The van der Waals surface area contributed by atoms with Gasteiger partial charge in [-0.05, 0) is 22.8 Å². The van der Waals surface area contributed by atoms with E-state index in [2.05, 4.69) is 22.2 Å². The van der Waals surface area contributed by atoms with E-state index in [-0.39, 0.29) is 44.0 Å². The third-order valence-corrected chi connectivity index (χ3v) is 7.71. The summed E-state index contributed by atoms with van der Waals surface area (Å²) in [6, 6.07) is 23.5. The number of fused-ring (bicyclic) bond motifs is 1. The van der Waals surface area contributed by atoms with Gasteiger partial charge in [-0.25, -0.2) is 14.8 Å². The van der Waals surface area contributed by atoms with Crippen molar-refractivity contribution in [2.45, 2.75) is 19.1 Å². The first-order valence-corrected chi connectivity index (χ1v) is 14.3. The fourth-order valence-electron chi connectivity index (χ4n) is 4.87. The van der Waals surface area contributed by atoms with Crippen molar-refractivity contribution in [2.75, 3.05) is 26.2 Å². The summed E-state index contributed by atoms with van der Waals surface area (Å²) in [5.41, 5.74) is 5.23. The average Bonchev–Trinajstić information content (AvgIpc) is 3.50. The summed E-state index contributed by atoms with van der Waals surface area (Å²) < 4.78 is 1.04. The number of hydrazine groups is 1. The Labute approximate surface area is 243 Å². The van der Waals surface area contributed by atoms with Crippen LogP contribution in [0, 0.1) is 0 Å². The van der Waals surface area contributed by atoms with Crippen molar-refractivity contribution >= 4 is 39.4 Å². The van der Waals surface area contributed by atoms with E-state index in [1.807, 2.05) is 78.9 Å². The largest absolute Gasteiger partial charge is 0.339 e. The van der Waals surface area contributed by atoms with E-state index in [0.717, 1.165) is 21.3 Å². The van der Waals surface area contributed by atoms with Crippen molar-refractivity contribution in [2.24, 2.45) is 0 Å². The topological polar surface area (TPSA) is 97.9 Å². The first-order chi connectivity index (χ1) is 20.0. The van der Waals surface area contributed by atoms with Crippen molar-refractivity contribution in [1.29, 1.82) is 0 Å². The number of aromatic nitrogens is 1. The molecule has 4 aromatic rings. The van der Waals surface area contributed by atoms with Crippen LogP contribution in [0.15, 0.2) is 97.0 Å². The van der Waals surface area contributed by atoms with E-state index >= 15 is 0 Å². The lowest BCUT2D eigenvalue weighted by Crippen LogP contribution is -2.54. The third kappa shape index (κ3) is 6.79. The Kier molecular flexibility index (Phi) is 9.02. The molecule has 0 radical (unpaired) electrons. The first-order valence-electron chi connectivity index (χ1n) is 13.4. The molecule has 0 spiro atoms. The van der Waals surface area contributed by atoms with Crippen molar-refractivity contribution in [3.05, 3.63) is 114 Å². The molecule has 5 rings (SSSR count). The molecule has 0 saturated carbocycles. The number of nitrogens with one attached hydrogen (secondary N) is 2. The summed E-state index contributed by atoms with van der Waals surface area (Å²) in [7, 11) is 0. The van der Waals surface area contributed by atoms with Gasteiger partial charge in [-0.3, -0.25) is 14.6 Å². The zero-order chi connectivity index (χ0) is 28.6. The van der Waals surface area contributed by atoms with Gasteiger partial charge in [0.2, 0.25) is 11.8 Å². The van der Waals surface area contributed by atoms with Gasteiger partial charge >= 0.3 is 6.03 Å². The van der Waals surface area contributed by atoms with Gasteiger partial charge in [0.05, 0.1) is 28.8 Å². The van der Waals surface area contributed by atoms with Gasteiger partial charge in [0, 0.05) is 26.2 Å². The SMILES string of the molecule is C=CCN(C(=O)NCc1ccccc1)N1CCN(Cc2cccc3scnc23)C(=O)[C@H](c2ccccc2)NC(=O)C1. The summed E-state index contributed by atoms with van der Waals surface area (Å²) in [6.07, 6.45) is 1.62. The van der Waals surface area contributed by atoms with Crippen LogP contribution in [0.4, 0.5) is 4.79 Å². The molecule has 1 aliphatic heterocycles. The third-order valence-electron chi connectivity index (χ3n) is 6.92. The van der Waals surface area contributed by atoms with Crippen LogP contribution in [0.2, 0.25) is 0 Å². The highest BCUT2D eigenvalue weighted by molar-refractivity contribution is 7.16. The Morgan fingerprint density at radius 3 is 2.56 bits per heavy atom. The number of carbonyl (C=O) groups is 3. The lowest BCUT2D eigenvalue weighted by atomic mass is 10.0. The lowest BCUT2D eigenvalue weighted by Gasteiger charge is -2.34. The molecule has 0 bridgehead atoms. The zero-order valence-corrected chi connectivity index (χ0v) is 23.4. The number of hydrogen-bond donors (Lipinski definition) is 2. The van der Waals surface area contributed by atoms with Crippen LogP contribution in [-0.2, 0) is 22.7 Å². The van der Waals surface area contributed by atoms with Crippen LogP contribution >= 0.6 is 11.3 Å². The van der Waals surface area contributed by atoms with Gasteiger partial charge < -0.3 is 15.5 Å². The molecule has 4 amide bonds. The number of hydrogen-bond acceptors (Lipinski definition) is 6. The summed E-state index contributed by atoms with van der Waals surface area (Å²) in [5.74, 6) is -0.581. The fraction of sp³-hybridized carbons (Fsp3) is 0.226. The van der Waals surface area contributed by atoms with Crippen LogP contribution in [0.25, 0.3) is 10.2 Å². The highest BCUT2D eigenvalue weighted by Gasteiger charge is 2.33. The predicted molar refractivity (Wildman–Crippen MR) is 160 cm³/mol. The van der Waals surface area contributed by atoms with Gasteiger partial charge in [-0.1, -0.05) is 78.9 Å². The Balaban J connectivity index is 1.42. The first kappa shape index (κ1) is 28.0. The lowest BCUT2D eigenvalue weighted by molar-refractivity contribution is -0.136. The quantitative estimate of drug-likeness (QED) is 0.312. The number of amides is 4. The minimum absolute atomic E-state index is 0.0985. The van der Waals surface area contributed by atoms with Crippen molar-refractivity contribution in [1.82, 2.24) is 30.5 Å². The molecule has 1 atom stereocenters. The number of benzene rings is 3. The number of carbonyl (C=O) groups excluding carboxylic acids is 3. The van der Waals surface area contributed by atoms with Crippen LogP contribution in [0.5, 0.6) is 0 Å². The van der Waals surface area contributed by atoms with Crippen LogP contribution < -0.4 is 10.6 Å². The van der Waals surface area contributed by atoms with Gasteiger partial charge in [0.25, 0.3) is 0 Å². The Morgan fingerprint density at radius 1 is 1.05 bits per heavy atom. The Hall–Kier alpha value is -4.54. The van der Waals surface area contributed by atoms with E-state index in [4.69, 9.17) is 0 Å². The maximum atomic E-state index is 14.0. The molecule has 10 heteroatoms. The zero-order valence-electron chi connectivity index (χ0n) is 22.6. The standard InChI is InChI=1S/C31H32N6O3S/c1-2-16-37(31(40)32-19-23-10-5-3-6-11-23)36-18-17-35(20-25-14-9-15-26-28(25)33-22-41-26)30(39)29(34-27(38)21-36)24-12-7-4-8-13-24/h2-15,22,29H,1,16-21H2,(H,32,40)(H,34,38)/t29-/m0/s1. The molecule has 1 fully saturated rings. The van der Waals surface area contributed by atoms with Gasteiger partial charge in [-0.2, -0.15) is 0 Å². The average molecular weight is 569 g/mol. The van der Waals surface area contributed by atoms with Crippen molar-refractivity contribution < 1.29 is 14.4 Å². The number of rotatable bonds is 8. The maximum absolute atomic E-state index is 14.0. The highest BCUT2D eigenvalue weighted by atomic mass is 32.1. The van der Waals surface area contributed by atoms with Crippen LogP contribution in [0.3, 0.4) is 0 Å². The summed E-state index contributed by atoms with van der Waals surface area (Å²) >= 11 is 1.55. The predicted octanol–water partition coefficient (Wildman–Crippen LogP) is 4.11. The smallest absolute Gasteiger partial charge is 0.332 e. The molecular weight excluding hydrogens is 536 g/mol. The summed E-state index contributed by atoms with van der Waals surface area (Å²) in [4.78, 5) is 47.0. The summed E-state index contributed by atoms with van der Waals surface area (Å²) in [5, 5.41) is 9.01. The van der Waals surface area contributed by atoms with Crippen LogP contribution in [0.1, 0.15) is 22.7 Å². The van der Waals surface area contributed by atoms with E-state index < -0.39 is 6.04 Å². The molecule has 1 aromatic heterocycles. The molecule has 2 heterocycles. The van der Waals surface area contributed by atoms with Gasteiger partial charge in [-0.15, -0.1) is 17.9 Å². The van der Waals surface area contributed by atoms with E-state index in [9.17, 15) is 14.4 Å². The molecule has 2 N–H and O–H groups in total. The molecule has 0 unspecified atom stereocenters. The monoisotopic (exact) mass is 568 g/mol. The number of urea groups is 1. The maximum Gasteiger partial charge on any atom is 0.332 e. The molecular formula is C31H32N6O3S. The Morgan fingerprint density at radius 2 is 1.80 bits per heavy atom. The minimum atomic E-state index is -0.863. The highest BCUT2D eigenvalue weighted by Crippen LogP contribution is 2.25. The van der Waals surface area contributed by atoms with E-state index in [1.54, 1.807) is 32.8 Å². The molecule has 1 saturated heterocycles. The van der Waals surface area contributed by atoms with E-state index in [1.165, 1.54) is 5.01 Å². The van der Waals surface area contributed by atoms with Gasteiger partial charge in [0.1, 0.15) is 6.04 Å². The fourth-order valence-corrected chi connectivity index (χ4v) is 5.59. The molecule has 1 aliphatic rings. The van der Waals surface area contributed by atoms with Crippen LogP contribution in [-0.4, -0.2) is 63.9 Å². The number of thiazole rings is 1. The number of para-hydroxylation sites is 1. The molecule has 0 aliphatic carbocycles. The second-order valence-electron chi connectivity index (χ2n) is 9.69. The van der Waals surface area contributed by atoms with E-state index in [0.29, 0.717) is 18.7 Å². The molecule has 210 valence electrons. The summed E-state index contributed by atoms with van der Waals surface area (Å²) in [6.45, 7) is 5.12. The number of nitrogens with zero attached hydrogens (tertiary/aromatic N) is 4.